The number of rotatable bonds is 6. The van der Waals surface area contributed by atoms with Crippen LogP contribution in [0.5, 0.6) is 5.75 Å². The lowest BCUT2D eigenvalue weighted by Gasteiger charge is -2.34. The van der Waals surface area contributed by atoms with Gasteiger partial charge in [0.1, 0.15) is 5.75 Å². The second-order valence-electron chi connectivity index (χ2n) is 5.46. The summed E-state index contributed by atoms with van der Waals surface area (Å²) in [5.74, 6) is 0.833. The van der Waals surface area contributed by atoms with Crippen molar-refractivity contribution in [3.63, 3.8) is 0 Å². The van der Waals surface area contributed by atoms with Crippen molar-refractivity contribution < 1.29 is 17.9 Å². The van der Waals surface area contributed by atoms with E-state index in [1.807, 2.05) is 13.8 Å². The smallest absolute Gasteiger partial charge is 0.253 e. The van der Waals surface area contributed by atoms with E-state index in [1.54, 1.807) is 29.2 Å². The summed E-state index contributed by atoms with van der Waals surface area (Å²) >= 11 is 0. The number of hydrogen-bond donors (Lipinski definition) is 0. The van der Waals surface area contributed by atoms with Gasteiger partial charge in [0.2, 0.25) is 10.0 Å². The van der Waals surface area contributed by atoms with Crippen LogP contribution in [0.15, 0.2) is 24.3 Å². The molecule has 2 rings (SSSR count). The molecule has 7 heteroatoms. The number of carbonyl (C=O) groups is 1. The van der Waals surface area contributed by atoms with Gasteiger partial charge in [-0.2, -0.15) is 4.31 Å². The first-order valence-electron chi connectivity index (χ1n) is 7.98. The molecule has 0 bridgehead atoms. The van der Waals surface area contributed by atoms with Crippen molar-refractivity contribution in [3.05, 3.63) is 29.8 Å². The summed E-state index contributed by atoms with van der Waals surface area (Å²) in [4.78, 5) is 14.2. The van der Waals surface area contributed by atoms with Crippen molar-refractivity contribution in [1.29, 1.82) is 0 Å². The molecule has 1 aromatic carbocycles. The maximum absolute atomic E-state index is 12.5. The minimum absolute atomic E-state index is 0.0689. The average Bonchev–Trinajstić information content (AvgIpc) is 2.55. The number of piperazine rings is 1. The Bertz CT molecular complexity index is 620. The monoisotopic (exact) mass is 340 g/mol. The fourth-order valence-corrected chi connectivity index (χ4v) is 4.09. The van der Waals surface area contributed by atoms with Gasteiger partial charge in [0.05, 0.1) is 12.4 Å². The second kappa shape index (κ2) is 7.79. The van der Waals surface area contributed by atoms with Crippen LogP contribution in [0.25, 0.3) is 0 Å². The number of nitrogens with zero attached hydrogens (tertiary/aromatic N) is 2. The predicted molar refractivity (Wildman–Crippen MR) is 89.2 cm³/mol. The lowest BCUT2D eigenvalue weighted by atomic mass is 10.2. The maximum atomic E-state index is 12.5. The van der Waals surface area contributed by atoms with E-state index in [0.29, 0.717) is 44.8 Å². The molecule has 1 saturated heterocycles. The summed E-state index contributed by atoms with van der Waals surface area (Å²) in [5, 5.41) is 0. The summed E-state index contributed by atoms with van der Waals surface area (Å²) in [6, 6.07) is 7.04. The molecule has 1 aromatic rings. The Hall–Kier alpha value is -1.60. The van der Waals surface area contributed by atoms with E-state index in [0.717, 1.165) is 5.75 Å². The van der Waals surface area contributed by atoms with Gasteiger partial charge >= 0.3 is 0 Å². The zero-order valence-corrected chi connectivity index (χ0v) is 14.5. The number of hydrogen-bond acceptors (Lipinski definition) is 4. The minimum atomic E-state index is -3.18. The number of sulfonamides is 1. The predicted octanol–water partition coefficient (Wildman–Crippen LogP) is 1.58. The van der Waals surface area contributed by atoms with Gasteiger partial charge in [0.25, 0.3) is 5.91 Å². The Balaban J connectivity index is 1.95. The van der Waals surface area contributed by atoms with Crippen molar-refractivity contribution in [2.24, 2.45) is 0 Å². The zero-order valence-electron chi connectivity index (χ0n) is 13.7. The third-order valence-electron chi connectivity index (χ3n) is 3.79. The maximum Gasteiger partial charge on any atom is 0.253 e. The molecule has 0 N–H and O–H groups in total. The number of amides is 1. The molecule has 0 aromatic heterocycles. The molecule has 0 aliphatic carbocycles. The van der Waals surface area contributed by atoms with Gasteiger partial charge in [-0.25, -0.2) is 8.42 Å². The Labute approximate surface area is 138 Å². The molecule has 6 nitrogen and oxygen atoms in total. The van der Waals surface area contributed by atoms with Gasteiger partial charge < -0.3 is 9.64 Å². The normalized spacial score (nSPS) is 16.3. The average molecular weight is 340 g/mol. The van der Waals surface area contributed by atoms with E-state index in [-0.39, 0.29) is 11.7 Å². The van der Waals surface area contributed by atoms with Crippen molar-refractivity contribution >= 4 is 15.9 Å². The van der Waals surface area contributed by atoms with Crippen LogP contribution in [0.4, 0.5) is 0 Å². The Morgan fingerprint density at radius 1 is 1.09 bits per heavy atom. The molecule has 1 amide bonds. The highest BCUT2D eigenvalue weighted by atomic mass is 32.2. The summed E-state index contributed by atoms with van der Waals surface area (Å²) in [6.07, 6.45) is 0.605. The first-order chi connectivity index (χ1) is 11.0. The van der Waals surface area contributed by atoms with Crippen molar-refractivity contribution in [2.45, 2.75) is 20.3 Å². The largest absolute Gasteiger partial charge is 0.494 e. The van der Waals surface area contributed by atoms with E-state index < -0.39 is 10.0 Å². The molecule has 1 heterocycles. The molecule has 128 valence electrons. The third kappa shape index (κ3) is 4.45. The Morgan fingerprint density at radius 2 is 1.70 bits per heavy atom. The fourth-order valence-electron chi connectivity index (χ4n) is 2.60. The highest BCUT2D eigenvalue weighted by Gasteiger charge is 2.28. The molecular weight excluding hydrogens is 316 g/mol. The van der Waals surface area contributed by atoms with Gasteiger partial charge in [-0.3, -0.25) is 4.79 Å². The molecule has 1 aliphatic rings. The second-order valence-corrected chi connectivity index (χ2v) is 7.55. The SMILES string of the molecule is CCCS(=O)(=O)N1CCN(C(=O)c2ccc(OCC)cc2)CC1. The zero-order chi connectivity index (χ0) is 16.9. The number of ether oxygens (including phenoxy) is 1. The summed E-state index contributed by atoms with van der Waals surface area (Å²) < 4.78 is 30.9. The molecule has 1 aliphatic heterocycles. The summed E-state index contributed by atoms with van der Waals surface area (Å²) in [5.41, 5.74) is 0.596. The van der Waals surface area contributed by atoms with E-state index in [9.17, 15) is 13.2 Å². The van der Waals surface area contributed by atoms with Crippen LogP contribution >= 0.6 is 0 Å². The van der Waals surface area contributed by atoms with Gasteiger partial charge in [-0.1, -0.05) is 6.92 Å². The fraction of sp³-hybridized carbons (Fsp3) is 0.562. The standard InChI is InChI=1S/C16H24N2O4S/c1-3-13-23(20,21)18-11-9-17(10-12-18)16(19)14-5-7-15(8-6-14)22-4-2/h5-8H,3-4,9-13H2,1-2H3. The topological polar surface area (TPSA) is 66.9 Å². The molecule has 0 saturated carbocycles. The van der Waals surface area contributed by atoms with Gasteiger partial charge in [-0.05, 0) is 37.6 Å². The van der Waals surface area contributed by atoms with Crippen LogP contribution in [0, 0.1) is 0 Å². The van der Waals surface area contributed by atoms with E-state index in [4.69, 9.17) is 4.74 Å². The Kier molecular flexibility index (Phi) is 6.01. The molecule has 0 unspecified atom stereocenters. The highest BCUT2D eigenvalue weighted by molar-refractivity contribution is 7.89. The number of benzene rings is 1. The molecule has 0 atom stereocenters. The lowest BCUT2D eigenvalue weighted by Crippen LogP contribution is -2.51. The van der Waals surface area contributed by atoms with Crippen LogP contribution in [0.2, 0.25) is 0 Å². The van der Waals surface area contributed by atoms with Crippen LogP contribution in [-0.2, 0) is 10.0 Å². The van der Waals surface area contributed by atoms with Gasteiger partial charge in [-0.15, -0.1) is 0 Å². The lowest BCUT2D eigenvalue weighted by molar-refractivity contribution is 0.0698. The molecule has 0 radical (unpaired) electrons. The van der Waals surface area contributed by atoms with Crippen molar-refractivity contribution in [2.75, 3.05) is 38.5 Å². The van der Waals surface area contributed by atoms with E-state index >= 15 is 0 Å². The van der Waals surface area contributed by atoms with Crippen LogP contribution < -0.4 is 4.74 Å². The van der Waals surface area contributed by atoms with Crippen LogP contribution in [0.3, 0.4) is 0 Å². The third-order valence-corrected chi connectivity index (χ3v) is 5.87. The van der Waals surface area contributed by atoms with Gasteiger partial charge in [0.15, 0.2) is 0 Å². The van der Waals surface area contributed by atoms with Crippen molar-refractivity contribution in [1.82, 2.24) is 9.21 Å². The Morgan fingerprint density at radius 3 is 2.22 bits per heavy atom. The van der Waals surface area contributed by atoms with Gasteiger partial charge in [0, 0.05) is 31.7 Å². The minimum Gasteiger partial charge on any atom is -0.494 e. The quantitative estimate of drug-likeness (QED) is 0.789. The number of carbonyl (C=O) groups excluding carboxylic acids is 1. The van der Waals surface area contributed by atoms with E-state index in [2.05, 4.69) is 0 Å². The molecule has 23 heavy (non-hydrogen) atoms. The van der Waals surface area contributed by atoms with E-state index in [1.165, 1.54) is 4.31 Å². The van der Waals surface area contributed by atoms with Crippen LogP contribution in [-0.4, -0.2) is 62.1 Å². The van der Waals surface area contributed by atoms with Crippen LogP contribution in [0.1, 0.15) is 30.6 Å². The first-order valence-corrected chi connectivity index (χ1v) is 9.58. The summed E-state index contributed by atoms with van der Waals surface area (Å²) in [7, 11) is -3.18. The molecular formula is C16H24N2O4S. The molecule has 0 spiro atoms. The first kappa shape index (κ1) is 17.7. The molecule has 1 fully saturated rings. The summed E-state index contributed by atoms with van der Waals surface area (Å²) in [6.45, 7) is 5.93. The van der Waals surface area contributed by atoms with Crippen molar-refractivity contribution in [3.8, 4) is 5.75 Å². The highest BCUT2D eigenvalue weighted by Crippen LogP contribution is 2.16.